The Morgan fingerprint density at radius 1 is 0.969 bits per heavy atom. The molecule has 0 aliphatic rings. The van der Waals surface area contributed by atoms with Crippen LogP contribution in [0.15, 0.2) is 77.7 Å². The minimum atomic E-state index is -0.659. The minimum Gasteiger partial charge on any atom is -0.464 e. The van der Waals surface area contributed by atoms with Crippen molar-refractivity contribution in [2.24, 2.45) is 0 Å². The summed E-state index contributed by atoms with van der Waals surface area (Å²) >= 11 is 0. The summed E-state index contributed by atoms with van der Waals surface area (Å²) in [5.74, 6) is -0.720. The zero-order valence-electron chi connectivity index (χ0n) is 17.8. The van der Waals surface area contributed by atoms with Crippen LogP contribution in [0.25, 0.3) is 0 Å². The van der Waals surface area contributed by atoms with Crippen LogP contribution < -0.4 is 0 Å². The second-order valence-corrected chi connectivity index (χ2v) is 7.34. The molecule has 1 aromatic heterocycles. The van der Waals surface area contributed by atoms with Gasteiger partial charge in [0.15, 0.2) is 0 Å². The number of halogens is 2. The predicted octanol–water partition coefficient (Wildman–Crippen LogP) is 4.72. The number of hydrogen-bond acceptors (Lipinski definition) is 3. The van der Waals surface area contributed by atoms with E-state index in [0.717, 1.165) is 5.56 Å². The summed E-state index contributed by atoms with van der Waals surface area (Å²) in [5.41, 5.74) is 0.604. The molecule has 1 heterocycles. The van der Waals surface area contributed by atoms with Crippen LogP contribution in [-0.4, -0.2) is 34.7 Å². The van der Waals surface area contributed by atoms with Crippen molar-refractivity contribution in [1.82, 2.24) is 9.80 Å². The Morgan fingerprint density at radius 2 is 1.69 bits per heavy atom. The quantitative estimate of drug-likeness (QED) is 0.454. The molecule has 0 spiro atoms. The standard InChI is InChI=1S/C25H24F2N2O3/c1-3-14-28(25(31)22-6-4-5-7-23(22)27)17-24(30)29(16-21-13-8-18(2)32-21)15-19-9-11-20(26)12-10-19/h3-13H,1,14-17H2,2H3. The lowest BCUT2D eigenvalue weighted by Crippen LogP contribution is -2.42. The molecule has 0 aliphatic heterocycles. The van der Waals surface area contributed by atoms with Crippen molar-refractivity contribution in [1.29, 1.82) is 0 Å². The summed E-state index contributed by atoms with van der Waals surface area (Å²) in [6, 6.07) is 15.0. The molecule has 2 amide bonds. The lowest BCUT2D eigenvalue weighted by atomic mass is 10.1. The molecule has 0 fully saturated rings. The first-order valence-electron chi connectivity index (χ1n) is 10.1. The summed E-state index contributed by atoms with van der Waals surface area (Å²) in [5, 5.41) is 0. The summed E-state index contributed by atoms with van der Waals surface area (Å²) in [6.45, 7) is 5.59. The molecule has 0 bridgehead atoms. The number of amides is 2. The highest BCUT2D eigenvalue weighted by atomic mass is 19.1. The fourth-order valence-electron chi connectivity index (χ4n) is 3.24. The maximum Gasteiger partial charge on any atom is 0.257 e. The maximum absolute atomic E-state index is 14.1. The smallest absolute Gasteiger partial charge is 0.257 e. The molecule has 3 rings (SSSR count). The van der Waals surface area contributed by atoms with Gasteiger partial charge < -0.3 is 14.2 Å². The molecular formula is C25H24F2N2O3. The molecule has 0 unspecified atom stereocenters. The molecule has 3 aromatic rings. The van der Waals surface area contributed by atoms with Gasteiger partial charge in [-0.15, -0.1) is 6.58 Å². The molecule has 2 aromatic carbocycles. The van der Waals surface area contributed by atoms with Crippen molar-refractivity contribution in [2.45, 2.75) is 20.0 Å². The van der Waals surface area contributed by atoms with Gasteiger partial charge in [0.1, 0.15) is 29.7 Å². The SMILES string of the molecule is C=CCN(CC(=O)N(Cc1ccc(F)cc1)Cc1ccc(C)o1)C(=O)c1ccccc1F. The Labute approximate surface area is 185 Å². The predicted molar refractivity (Wildman–Crippen MR) is 117 cm³/mol. The molecule has 7 heteroatoms. The Morgan fingerprint density at radius 3 is 2.31 bits per heavy atom. The van der Waals surface area contributed by atoms with Gasteiger partial charge in [-0.05, 0) is 48.9 Å². The van der Waals surface area contributed by atoms with Crippen molar-refractivity contribution in [3.63, 3.8) is 0 Å². The number of carbonyl (C=O) groups excluding carboxylic acids is 2. The number of hydrogen-bond donors (Lipinski definition) is 0. The molecule has 166 valence electrons. The van der Waals surface area contributed by atoms with Gasteiger partial charge in [0.25, 0.3) is 5.91 Å². The van der Waals surface area contributed by atoms with Gasteiger partial charge >= 0.3 is 0 Å². The number of furan rings is 1. The van der Waals surface area contributed by atoms with Gasteiger partial charge in [-0.1, -0.05) is 30.3 Å². The Bertz CT molecular complexity index is 1090. The van der Waals surface area contributed by atoms with Gasteiger partial charge in [-0.3, -0.25) is 9.59 Å². The second-order valence-electron chi connectivity index (χ2n) is 7.34. The zero-order valence-corrected chi connectivity index (χ0v) is 17.8. The normalized spacial score (nSPS) is 10.6. The average molecular weight is 438 g/mol. The van der Waals surface area contributed by atoms with Crippen LogP contribution in [0.3, 0.4) is 0 Å². The van der Waals surface area contributed by atoms with E-state index in [1.165, 1.54) is 46.2 Å². The third-order valence-corrected chi connectivity index (χ3v) is 4.85. The van der Waals surface area contributed by atoms with Crippen LogP contribution in [0.2, 0.25) is 0 Å². The lowest BCUT2D eigenvalue weighted by Gasteiger charge is -2.27. The van der Waals surface area contributed by atoms with Gasteiger partial charge in [0, 0.05) is 13.1 Å². The highest BCUT2D eigenvalue weighted by molar-refractivity contribution is 5.96. The lowest BCUT2D eigenvalue weighted by molar-refractivity contribution is -0.133. The van der Waals surface area contributed by atoms with Gasteiger partial charge in [0.05, 0.1) is 12.1 Å². The first-order chi connectivity index (χ1) is 15.4. The molecule has 5 nitrogen and oxygen atoms in total. The van der Waals surface area contributed by atoms with Crippen molar-refractivity contribution in [3.05, 3.63) is 108 Å². The molecular weight excluding hydrogens is 414 g/mol. The van der Waals surface area contributed by atoms with E-state index in [4.69, 9.17) is 4.42 Å². The Balaban J connectivity index is 1.82. The Hall–Kier alpha value is -3.74. The molecule has 0 atom stereocenters. The molecule has 0 saturated carbocycles. The van der Waals surface area contributed by atoms with E-state index in [1.54, 1.807) is 37.3 Å². The van der Waals surface area contributed by atoms with Crippen molar-refractivity contribution < 1.29 is 22.8 Å². The van der Waals surface area contributed by atoms with Crippen LogP contribution in [0.5, 0.6) is 0 Å². The topological polar surface area (TPSA) is 53.8 Å². The molecule has 0 aliphatic carbocycles. The summed E-state index contributed by atoms with van der Waals surface area (Å²) in [6.07, 6.45) is 1.48. The summed E-state index contributed by atoms with van der Waals surface area (Å²) in [7, 11) is 0. The largest absolute Gasteiger partial charge is 0.464 e. The second kappa shape index (κ2) is 10.5. The first-order valence-corrected chi connectivity index (χ1v) is 10.1. The molecule has 32 heavy (non-hydrogen) atoms. The van der Waals surface area contributed by atoms with Crippen LogP contribution in [-0.2, 0) is 17.9 Å². The van der Waals surface area contributed by atoms with E-state index in [-0.39, 0.29) is 43.5 Å². The number of rotatable bonds is 9. The average Bonchev–Trinajstić information content (AvgIpc) is 3.19. The van der Waals surface area contributed by atoms with Crippen LogP contribution in [0.1, 0.15) is 27.4 Å². The van der Waals surface area contributed by atoms with Crippen LogP contribution in [0, 0.1) is 18.6 Å². The number of benzene rings is 2. The van der Waals surface area contributed by atoms with Crippen molar-refractivity contribution in [2.75, 3.05) is 13.1 Å². The highest BCUT2D eigenvalue weighted by Gasteiger charge is 2.24. The van der Waals surface area contributed by atoms with Crippen LogP contribution in [0.4, 0.5) is 8.78 Å². The summed E-state index contributed by atoms with van der Waals surface area (Å²) in [4.78, 5) is 28.8. The van der Waals surface area contributed by atoms with Crippen molar-refractivity contribution >= 4 is 11.8 Å². The fraction of sp³-hybridized carbons (Fsp3) is 0.200. The number of carbonyl (C=O) groups is 2. The third-order valence-electron chi connectivity index (χ3n) is 4.85. The molecule has 0 N–H and O–H groups in total. The van der Waals surface area contributed by atoms with E-state index in [1.807, 2.05) is 0 Å². The van der Waals surface area contributed by atoms with E-state index < -0.39 is 11.7 Å². The fourth-order valence-corrected chi connectivity index (χ4v) is 3.24. The third kappa shape index (κ3) is 5.91. The maximum atomic E-state index is 14.1. The first kappa shape index (κ1) is 22.9. The van der Waals surface area contributed by atoms with Gasteiger partial charge in [-0.25, -0.2) is 8.78 Å². The monoisotopic (exact) mass is 438 g/mol. The molecule has 0 saturated heterocycles. The number of nitrogens with zero attached hydrogens (tertiary/aromatic N) is 2. The number of aryl methyl sites for hydroxylation is 1. The van der Waals surface area contributed by atoms with E-state index in [9.17, 15) is 18.4 Å². The summed E-state index contributed by atoms with van der Waals surface area (Å²) < 4.78 is 33.0. The molecule has 0 radical (unpaired) electrons. The highest BCUT2D eigenvalue weighted by Crippen LogP contribution is 2.16. The van der Waals surface area contributed by atoms with Crippen LogP contribution >= 0.6 is 0 Å². The van der Waals surface area contributed by atoms with E-state index >= 15 is 0 Å². The van der Waals surface area contributed by atoms with Gasteiger partial charge in [-0.2, -0.15) is 0 Å². The zero-order chi connectivity index (χ0) is 23.1. The van der Waals surface area contributed by atoms with Crippen molar-refractivity contribution in [3.8, 4) is 0 Å². The Kier molecular flexibility index (Phi) is 7.54. The van der Waals surface area contributed by atoms with Gasteiger partial charge in [0.2, 0.25) is 5.91 Å². The van der Waals surface area contributed by atoms with E-state index in [2.05, 4.69) is 6.58 Å². The van der Waals surface area contributed by atoms with E-state index in [0.29, 0.717) is 11.5 Å². The minimum absolute atomic E-state index is 0.0726.